The van der Waals surface area contributed by atoms with Crippen LogP contribution < -0.4 is 10.2 Å². The minimum atomic E-state index is -0.805. The zero-order valence-corrected chi connectivity index (χ0v) is 10.9. The predicted molar refractivity (Wildman–Crippen MR) is 68.3 cm³/mol. The van der Waals surface area contributed by atoms with Gasteiger partial charge in [0.15, 0.2) is 0 Å². The maximum atomic E-state index is 13.1. The van der Waals surface area contributed by atoms with Crippen LogP contribution in [0.1, 0.15) is 13.8 Å². The van der Waals surface area contributed by atoms with Gasteiger partial charge in [-0.1, -0.05) is 6.07 Å². The number of nitrogens with zero attached hydrogens (tertiary/aromatic N) is 1. The van der Waals surface area contributed by atoms with Crippen molar-refractivity contribution in [1.29, 1.82) is 0 Å². The molecule has 0 aliphatic carbocycles. The van der Waals surface area contributed by atoms with Gasteiger partial charge in [-0.25, -0.2) is 9.18 Å². The van der Waals surface area contributed by atoms with Gasteiger partial charge in [0.25, 0.3) is 0 Å². The number of anilines is 1. The standard InChI is InChI=1S/C12H14ClFN2O2/c1-3-16(10-6-4-5-9(14)7-10)12(18)15-11(17)8(2)13/h4-8H,3H2,1-2H3,(H,15,17,18). The van der Waals surface area contributed by atoms with E-state index in [1.807, 2.05) is 0 Å². The minimum Gasteiger partial charge on any atom is -0.294 e. The van der Waals surface area contributed by atoms with Crippen LogP contribution in [0.2, 0.25) is 0 Å². The molecule has 18 heavy (non-hydrogen) atoms. The van der Waals surface area contributed by atoms with Crippen molar-refractivity contribution in [1.82, 2.24) is 5.32 Å². The largest absolute Gasteiger partial charge is 0.328 e. The Morgan fingerprint density at radius 3 is 2.67 bits per heavy atom. The van der Waals surface area contributed by atoms with Gasteiger partial charge in [-0.3, -0.25) is 15.0 Å². The molecule has 1 aromatic carbocycles. The highest BCUT2D eigenvalue weighted by atomic mass is 35.5. The second-order valence-electron chi connectivity index (χ2n) is 3.63. The van der Waals surface area contributed by atoms with Gasteiger partial charge in [0.05, 0.1) is 0 Å². The molecule has 0 spiro atoms. The molecule has 0 aliphatic heterocycles. The molecule has 1 N–H and O–H groups in total. The number of carbonyl (C=O) groups is 2. The summed E-state index contributed by atoms with van der Waals surface area (Å²) in [6, 6.07) is 4.95. The zero-order chi connectivity index (χ0) is 13.7. The van der Waals surface area contributed by atoms with Crippen molar-refractivity contribution in [3.63, 3.8) is 0 Å². The molecule has 4 nitrogen and oxygen atoms in total. The third kappa shape index (κ3) is 3.70. The number of rotatable bonds is 3. The summed E-state index contributed by atoms with van der Waals surface area (Å²) in [5, 5.41) is 1.34. The Bertz CT molecular complexity index is 451. The van der Waals surface area contributed by atoms with Crippen LogP contribution in [-0.4, -0.2) is 23.9 Å². The van der Waals surface area contributed by atoms with Crippen LogP contribution in [0.25, 0.3) is 0 Å². The highest BCUT2D eigenvalue weighted by Crippen LogP contribution is 2.15. The summed E-state index contributed by atoms with van der Waals surface area (Å²) in [5.41, 5.74) is 0.380. The minimum absolute atomic E-state index is 0.305. The van der Waals surface area contributed by atoms with E-state index in [9.17, 15) is 14.0 Å². The number of carbonyl (C=O) groups excluding carboxylic acids is 2. The smallest absolute Gasteiger partial charge is 0.294 e. The molecule has 6 heteroatoms. The molecule has 1 atom stereocenters. The summed E-state index contributed by atoms with van der Waals surface area (Å²) in [5.74, 6) is -1.03. The van der Waals surface area contributed by atoms with Gasteiger partial charge in [-0.15, -0.1) is 11.6 Å². The molecule has 0 saturated heterocycles. The number of amides is 3. The molecular weight excluding hydrogens is 259 g/mol. The SMILES string of the molecule is CCN(C(=O)NC(=O)C(C)Cl)c1cccc(F)c1. The van der Waals surface area contributed by atoms with E-state index in [0.717, 1.165) is 0 Å². The van der Waals surface area contributed by atoms with Crippen LogP contribution in [0.15, 0.2) is 24.3 Å². The molecule has 0 bridgehead atoms. The van der Waals surface area contributed by atoms with Crippen molar-refractivity contribution in [3.8, 4) is 0 Å². The fourth-order valence-electron chi connectivity index (χ4n) is 1.36. The van der Waals surface area contributed by atoms with Crippen LogP contribution in [0.5, 0.6) is 0 Å². The lowest BCUT2D eigenvalue weighted by Crippen LogP contribution is -2.45. The van der Waals surface area contributed by atoms with E-state index < -0.39 is 23.1 Å². The molecule has 0 heterocycles. The van der Waals surface area contributed by atoms with E-state index in [-0.39, 0.29) is 0 Å². The van der Waals surface area contributed by atoms with Crippen LogP contribution in [-0.2, 0) is 4.79 Å². The average molecular weight is 273 g/mol. The highest BCUT2D eigenvalue weighted by molar-refractivity contribution is 6.31. The fraction of sp³-hybridized carbons (Fsp3) is 0.333. The maximum Gasteiger partial charge on any atom is 0.328 e. The number of alkyl halides is 1. The molecule has 1 rings (SSSR count). The van der Waals surface area contributed by atoms with Crippen LogP contribution in [0.4, 0.5) is 14.9 Å². The molecule has 1 unspecified atom stereocenters. The molecular formula is C12H14ClFN2O2. The van der Waals surface area contributed by atoms with E-state index in [2.05, 4.69) is 5.32 Å². The lowest BCUT2D eigenvalue weighted by atomic mass is 10.3. The number of hydrogen-bond donors (Lipinski definition) is 1. The zero-order valence-electron chi connectivity index (χ0n) is 10.1. The number of hydrogen-bond acceptors (Lipinski definition) is 2. The number of halogens is 2. The Kier molecular flexibility index (Phi) is 5.09. The van der Waals surface area contributed by atoms with Crippen molar-refractivity contribution in [3.05, 3.63) is 30.1 Å². The fourth-order valence-corrected chi connectivity index (χ4v) is 1.41. The average Bonchev–Trinajstić information content (AvgIpc) is 2.29. The molecule has 0 saturated carbocycles. The van der Waals surface area contributed by atoms with Crippen molar-refractivity contribution in [2.75, 3.05) is 11.4 Å². The number of nitrogens with one attached hydrogen (secondary N) is 1. The predicted octanol–water partition coefficient (Wildman–Crippen LogP) is 2.52. The van der Waals surface area contributed by atoms with Crippen LogP contribution in [0, 0.1) is 5.82 Å². The quantitative estimate of drug-likeness (QED) is 0.860. The topological polar surface area (TPSA) is 49.4 Å². The summed E-state index contributed by atoms with van der Waals surface area (Å²) in [6.07, 6.45) is 0. The van der Waals surface area contributed by atoms with Gasteiger partial charge in [-0.2, -0.15) is 0 Å². The number of urea groups is 1. The third-order valence-electron chi connectivity index (χ3n) is 2.27. The Hall–Kier alpha value is -1.62. The van der Waals surface area contributed by atoms with Gasteiger partial charge in [0.2, 0.25) is 5.91 Å². The Labute approximate surface area is 110 Å². The van der Waals surface area contributed by atoms with Gasteiger partial charge in [-0.05, 0) is 32.0 Å². The highest BCUT2D eigenvalue weighted by Gasteiger charge is 2.19. The third-order valence-corrected chi connectivity index (χ3v) is 2.47. The lowest BCUT2D eigenvalue weighted by Gasteiger charge is -2.21. The molecule has 3 amide bonds. The van der Waals surface area contributed by atoms with E-state index >= 15 is 0 Å². The van der Waals surface area contributed by atoms with E-state index in [0.29, 0.717) is 12.2 Å². The summed E-state index contributed by atoms with van der Waals surface area (Å²) < 4.78 is 13.1. The summed E-state index contributed by atoms with van der Waals surface area (Å²) in [7, 11) is 0. The van der Waals surface area contributed by atoms with E-state index in [1.165, 1.54) is 30.0 Å². The second-order valence-corrected chi connectivity index (χ2v) is 4.29. The number of imide groups is 1. The second kappa shape index (κ2) is 6.35. The van der Waals surface area contributed by atoms with Crippen LogP contribution >= 0.6 is 11.6 Å². The van der Waals surface area contributed by atoms with Gasteiger partial charge in [0.1, 0.15) is 11.2 Å². The first-order chi connectivity index (χ1) is 8.45. The summed E-state index contributed by atoms with van der Waals surface area (Å²) in [6.45, 7) is 3.49. The van der Waals surface area contributed by atoms with Crippen molar-refractivity contribution >= 4 is 29.2 Å². The lowest BCUT2D eigenvalue weighted by molar-refractivity contribution is -0.119. The summed E-state index contributed by atoms with van der Waals surface area (Å²) >= 11 is 5.55. The molecule has 0 aliphatic rings. The molecule has 98 valence electrons. The first-order valence-corrected chi connectivity index (χ1v) is 5.91. The number of benzene rings is 1. The molecule has 0 fully saturated rings. The van der Waals surface area contributed by atoms with E-state index in [1.54, 1.807) is 13.0 Å². The molecule has 1 aromatic rings. The molecule has 0 aromatic heterocycles. The maximum absolute atomic E-state index is 13.1. The van der Waals surface area contributed by atoms with E-state index in [4.69, 9.17) is 11.6 Å². The first-order valence-electron chi connectivity index (χ1n) is 5.47. The van der Waals surface area contributed by atoms with Crippen molar-refractivity contribution in [2.45, 2.75) is 19.2 Å². The van der Waals surface area contributed by atoms with Crippen LogP contribution in [0.3, 0.4) is 0 Å². The van der Waals surface area contributed by atoms with Gasteiger partial charge in [0, 0.05) is 12.2 Å². The Morgan fingerprint density at radius 2 is 2.17 bits per heavy atom. The normalized spacial score (nSPS) is 11.8. The van der Waals surface area contributed by atoms with Gasteiger partial charge < -0.3 is 0 Å². The Morgan fingerprint density at radius 1 is 1.50 bits per heavy atom. The van der Waals surface area contributed by atoms with Crippen molar-refractivity contribution in [2.24, 2.45) is 0 Å². The monoisotopic (exact) mass is 272 g/mol. The summed E-state index contributed by atoms with van der Waals surface area (Å²) in [4.78, 5) is 24.4. The first kappa shape index (κ1) is 14.4. The van der Waals surface area contributed by atoms with Gasteiger partial charge >= 0.3 is 6.03 Å². The molecule has 0 radical (unpaired) electrons. The Balaban J connectivity index is 2.84. The van der Waals surface area contributed by atoms with Crippen molar-refractivity contribution < 1.29 is 14.0 Å².